The van der Waals surface area contributed by atoms with E-state index in [4.69, 9.17) is 0 Å². The van der Waals surface area contributed by atoms with Gasteiger partial charge in [-0.25, -0.2) is 0 Å². The molecule has 0 spiro atoms. The van der Waals surface area contributed by atoms with Crippen molar-refractivity contribution in [2.75, 3.05) is 5.75 Å². The van der Waals surface area contributed by atoms with Gasteiger partial charge in [0.2, 0.25) is 0 Å². The lowest BCUT2D eigenvalue weighted by Gasteiger charge is -2.13. The third-order valence-electron chi connectivity index (χ3n) is 3.89. The van der Waals surface area contributed by atoms with Crippen LogP contribution in [-0.2, 0) is 0 Å². The Hall–Kier alpha value is -1.54. The zero-order valence-corrected chi connectivity index (χ0v) is 12.0. The molecule has 2 aromatic rings. The first-order valence-corrected chi connectivity index (χ1v) is 7.49. The minimum atomic E-state index is 0.0155. The van der Waals surface area contributed by atoms with E-state index in [1.165, 1.54) is 16.0 Å². The summed E-state index contributed by atoms with van der Waals surface area (Å²) < 4.78 is 0. The van der Waals surface area contributed by atoms with E-state index in [9.17, 15) is 4.79 Å². The molecule has 3 rings (SSSR count). The van der Waals surface area contributed by atoms with Gasteiger partial charge in [0, 0.05) is 16.2 Å². The summed E-state index contributed by atoms with van der Waals surface area (Å²) >= 11 is 1.79. The van der Waals surface area contributed by atoms with Crippen LogP contribution in [0.3, 0.4) is 0 Å². The van der Waals surface area contributed by atoms with Crippen LogP contribution >= 0.6 is 11.8 Å². The fourth-order valence-electron chi connectivity index (χ4n) is 2.59. The molecule has 0 fully saturated rings. The zero-order valence-electron chi connectivity index (χ0n) is 11.1. The summed E-state index contributed by atoms with van der Waals surface area (Å²) in [5, 5.41) is 0. The smallest absolute Gasteiger partial charge is 0.171 e. The molecular weight excluding hydrogens is 252 g/mol. The van der Waals surface area contributed by atoms with Crippen LogP contribution in [0.1, 0.15) is 33.0 Å². The lowest BCUT2D eigenvalue weighted by molar-refractivity contribution is 0.0967. The molecule has 1 heterocycles. The molecule has 19 heavy (non-hydrogen) atoms. The highest BCUT2D eigenvalue weighted by Crippen LogP contribution is 2.41. The van der Waals surface area contributed by atoms with Crippen molar-refractivity contribution in [1.29, 1.82) is 0 Å². The van der Waals surface area contributed by atoms with Crippen LogP contribution in [-0.4, -0.2) is 11.5 Å². The zero-order chi connectivity index (χ0) is 13.4. The third-order valence-corrected chi connectivity index (χ3v) is 5.07. The summed E-state index contributed by atoms with van der Waals surface area (Å²) in [6.45, 7) is 4.10. The molecule has 0 aromatic heterocycles. The first-order chi connectivity index (χ1) is 9.18. The van der Waals surface area contributed by atoms with Crippen LogP contribution in [0.25, 0.3) is 0 Å². The van der Waals surface area contributed by atoms with E-state index in [1.54, 1.807) is 11.8 Å². The fraction of sp³-hybridized carbons (Fsp3) is 0.235. The van der Waals surface area contributed by atoms with Gasteiger partial charge < -0.3 is 0 Å². The number of carbonyl (C=O) groups excluding carboxylic acids is 1. The normalized spacial score (nSPS) is 17.3. The van der Waals surface area contributed by atoms with Gasteiger partial charge in [-0.3, -0.25) is 4.79 Å². The number of benzene rings is 2. The summed E-state index contributed by atoms with van der Waals surface area (Å²) in [6.07, 6.45) is 0. The van der Waals surface area contributed by atoms with E-state index in [-0.39, 0.29) is 11.7 Å². The molecule has 1 nitrogen and oxygen atoms in total. The number of rotatable bonds is 2. The highest BCUT2D eigenvalue weighted by Gasteiger charge is 2.30. The molecule has 0 N–H and O–H groups in total. The van der Waals surface area contributed by atoms with Crippen molar-refractivity contribution in [1.82, 2.24) is 0 Å². The maximum absolute atomic E-state index is 12.8. The maximum Gasteiger partial charge on any atom is 0.171 e. The first kappa shape index (κ1) is 12.5. The summed E-state index contributed by atoms with van der Waals surface area (Å²) in [5.74, 6) is 1.14. The summed E-state index contributed by atoms with van der Waals surface area (Å²) in [6, 6.07) is 14.2. The number of fused-ring (bicyclic) bond motifs is 1. The Morgan fingerprint density at radius 3 is 2.74 bits per heavy atom. The number of Topliss-reactive ketones (excluding diaryl/α,β-unsaturated/α-hetero) is 1. The largest absolute Gasteiger partial charge is 0.293 e. The number of carbonyl (C=O) groups is 1. The number of aryl methyl sites for hydroxylation is 1. The van der Waals surface area contributed by atoms with E-state index in [0.29, 0.717) is 0 Å². The summed E-state index contributed by atoms with van der Waals surface area (Å²) in [5.41, 5.74) is 4.37. The van der Waals surface area contributed by atoms with E-state index >= 15 is 0 Å². The monoisotopic (exact) mass is 268 g/mol. The molecule has 0 saturated carbocycles. The van der Waals surface area contributed by atoms with Gasteiger partial charge >= 0.3 is 0 Å². The number of hydrogen-bond donors (Lipinski definition) is 0. The van der Waals surface area contributed by atoms with Crippen molar-refractivity contribution in [3.8, 4) is 0 Å². The molecule has 0 saturated heterocycles. The maximum atomic E-state index is 12.8. The molecule has 0 aliphatic carbocycles. The molecule has 0 radical (unpaired) electrons. The minimum Gasteiger partial charge on any atom is -0.293 e. The van der Waals surface area contributed by atoms with Crippen LogP contribution in [0, 0.1) is 13.8 Å². The van der Waals surface area contributed by atoms with Crippen LogP contribution in [0.5, 0.6) is 0 Å². The van der Waals surface area contributed by atoms with E-state index in [0.717, 1.165) is 16.9 Å². The number of thioether (sulfide) groups is 1. The Morgan fingerprint density at radius 2 is 1.89 bits per heavy atom. The minimum absolute atomic E-state index is 0.0155. The lowest BCUT2D eigenvalue weighted by Crippen LogP contribution is -2.14. The van der Waals surface area contributed by atoms with Crippen LogP contribution in [0.2, 0.25) is 0 Å². The van der Waals surface area contributed by atoms with Crippen molar-refractivity contribution in [2.45, 2.75) is 24.7 Å². The van der Waals surface area contributed by atoms with Gasteiger partial charge in [-0.05, 0) is 36.6 Å². The van der Waals surface area contributed by atoms with Gasteiger partial charge in [-0.1, -0.05) is 36.4 Å². The molecule has 1 aliphatic rings. The molecule has 96 valence electrons. The Kier molecular flexibility index (Phi) is 3.19. The van der Waals surface area contributed by atoms with Crippen molar-refractivity contribution >= 4 is 17.5 Å². The van der Waals surface area contributed by atoms with E-state index in [1.807, 2.05) is 31.2 Å². The van der Waals surface area contributed by atoms with E-state index in [2.05, 4.69) is 25.1 Å². The van der Waals surface area contributed by atoms with Gasteiger partial charge in [0.1, 0.15) is 0 Å². The van der Waals surface area contributed by atoms with Crippen molar-refractivity contribution in [3.63, 3.8) is 0 Å². The topological polar surface area (TPSA) is 17.1 Å². The van der Waals surface area contributed by atoms with Gasteiger partial charge in [0.15, 0.2) is 5.78 Å². The van der Waals surface area contributed by atoms with E-state index < -0.39 is 0 Å². The Labute approximate surface area is 118 Å². The highest BCUT2D eigenvalue weighted by molar-refractivity contribution is 7.99. The van der Waals surface area contributed by atoms with Gasteiger partial charge in [-0.15, -0.1) is 11.8 Å². The molecule has 1 unspecified atom stereocenters. The molecule has 1 aliphatic heterocycles. The summed E-state index contributed by atoms with van der Waals surface area (Å²) in [7, 11) is 0. The summed E-state index contributed by atoms with van der Waals surface area (Å²) in [4.78, 5) is 14.0. The Balaban J connectivity index is 2.00. The molecule has 1 atom stereocenters. The molecule has 0 amide bonds. The van der Waals surface area contributed by atoms with Crippen LogP contribution in [0.4, 0.5) is 0 Å². The van der Waals surface area contributed by atoms with Crippen LogP contribution < -0.4 is 0 Å². The van der Waals surface area contributed by atoms with Crippen LogP contribution in [0.15, 0.2) is 47.4 Å². The quantitative estimate of drug-likeness (QED) is 0.752. The highest BCUT2D eigenvalue weighted by atomic mass is 32.2. The second kappa shape index (κ2) is 4.86. The molecule has 0 bridgehead atoms. The SMILES string of the molecule is Cc1cccc(C(=O)C2CSc3ccccc32)c1C. The predicted octanol–water partition coefficient (Wildman–Crippen LogP) is 4.38. The Bertz CT molecular complexity index is 645. The van der Waals surface area contributed by atoms with Crippen molar-refractivity contribution < 1.29 is 4.79 Å². The first-order valence-electron chi connectivity index (χ1n) is 6.50. The lowest BCUT2D eigenvalue weighted by atomic mass is 9.89. The van der Waals surface area contributed by atoms with Crippen molar-refractivity contribution in [3.05, 3.63) is 64.7 Å². The van der Waals surface area contributed by atoms with Gasteiger partial charge in [-0.2, -0.15) is 0 Å². The van der Waals surface area contributed by atoms with Gasteiger partial charge in [0.25, 0.3) is 0 Å². The standard InChI is InChI=1S/C17H16OS/c1-11-6-5-8-13(12(11)2)17(18)15-10-19-16-9-4-3-7-14(15)16/h3-9,15H,10H2,1-2H3. The Morgan fingerprint density at radius 1 is 1.11 bits per heavy atom. The fourth-order valence-corrected chi connectivity index (χ4v) is 3.81. The number of ketones is 1. The van der Waals surface area contributed by atoms with Gasteiger partial charge in [0.05, 0.1) is 5.92 Å². The third kappa shape index (κ3) is 2.10. The molecule has 2 aromatic carbocycles. The molecular formula is C17H16OS. The second-order valence-electron chi connectivity index (χ2n) is 5.01. The number of hydrogen-bond acceptors (Lipinski definition) is 2. The second-order valence-corrected chi connectivity index (χ2v) is 6.07. The predicted molar refractivity (Wildman–Crippen MR) is 80.2 cm³/mol. The van der Waals surface area contributed by atoms with Crippen molar-refractivity contribution in [2.24, 2.45) is 0 Å². The average molecular weight is 268 g/mol. The average Bonchev–Trinajstić information content (AvgIpc) is 2.85. The molecule has 2 heteroatoms.